The van der Waals surface area contributed by atoms with E-state index in [0.29, 0.717) is 5.56 Å². The molecule has 2 aromatic heterocycles. The summed E-state index contributed by atoms with van der Waals surface area (Å²) in [6.45, 7) is 5.46. The first-order valence-electron chi connectivity index (χ1n) is 7.88. The fourth-order valence-electron chi connectivity index (χ4n) is 3.49. The van der Waals surface area contributed by atoms with Crippen molar-refractivity contribution in [2.75, 3.05) is 31.1 Å². The van der Waals surface area contributed by atoms with Crippen molar-refractivity contribution in [1.29, 1.82) is 0 Å². The number of hydrogen-bond acceptors (Lipinski definition) is 5. The number of aryl methyl sites for hydroxylation is 1. The van der Waals surface area contributed by atoms with Crippen LogP contribution in [0.3, 0.4) is 0 Å². The van der Waals surface area contributed by atoms with Crippen LogP contribution in [0.15, 0.2) is 36.9 Å². The standard InChI is InChI=1S/C17H19N5O/c1-13-7-19-16(20-8-13)22-11-17(12-22)4-6-21(10-17)15(23)14-3-2-5-18-9-14/h2-3,5,7-9H,4,6,10-12H2,1H3. The molecular weight excluding hydrogens is 290 g/mol. The Morgan fingerprint density at radius 1 is 1.17 bits per heavy atom. The Kier molecular flexibility index (Phi) is 3.25. The van der Waals surface area contributed by atoms with Gasteiger partial charge >= 0.3 is 0 Å². The fraction of sp³-hybridized carbons (Fsp3) is 0.412. The van der Waals surface area contributed by atoms with Gasteiger partial charge in [0.2, 0.25) is 5.95 Å². The fourth-order valence-corrected chi connectivity index (χ4v) is 3.49. The van der Waals surface area contributed by atoms with Crippen molar-refractivity contribution in [2.45, 2.75) is 13.3 Å². The van der Waals surface area contributed by atoms with E-state index < -0.39 is 0 Å². The number of amides is 1. The highest BCUT2D eigenvalue weighted by Crippen LogP contribution is 2.41. The molecule has 2 aliphatic rings. The smallest absolute Gasteiger partial charge is 0.255 e. The first-order valence-corrected chi connectivity index (χ1v) is 7.88. The summed E-state index contributed by atoms with van der Waals surface area (Å²) in [6, 6.07) is 3.63. The lowest BCUT2D eigenvalue weighted by Gasteiger charge is -2.47. The second kappa shape index (κ2) is 5.30. The van der Waals surface area contributed by atoms with Gasteiger partial charge in [-0.05, 0) is 31.0 Å². The molecule has 0 N–H and O–H groups in total. The van der Waals surface area contributed by atoms with Gasteiger partial charge in [0, 0.05) is 56.4 Å². The second-order valence-corrected chi connectivity index (χ2v) is 6.63. The molecule has 4 rings (SSSR count). The average molecular weight is 309 g/mol. The van der Waals surface area contributed by atoms with Crippen molar-refractivity contribution in [3.63, 3.8) is 0 Å². The summed E-state index contributed by atoms with van der Waals surface area (Å²) in [7, 11) is 0. The molecule has 118 valence electrons. The van der Waals surface area contributed by atoms with Crippen LogP contribution in [0.5, 0.6) is 0 Å². The molecule has 0 atom stereocenters. The molecule has 2 aliphatic heterocycles. The van der Waals surface area contributed by atoms with E-state index in [1.54, 1.807) is 18.5 Å². The summed E-state index contributed by atoms with van der Waals surface area (Å²) in [6.07, 6.45) is 8.07. The number of anilines is 1. The maximum absolute atomic E-state index is 12.5. The van der Waals surface area contributed by atoms with Crippen LogP contribution in [0.25, 0.3) is 0 Å². The predicted molar refractivity (Wildman–Crippen MR) is 86.2 cm³/mol. The minimum Gasteiger partial charge on any atom is -0.339 e. The van der Waals surface area contributed by atoms with E-state index in [0.717, 1.165) is 44.1 Å². The Labute approximate surface area is 135 Å². The van der Waals surface area contributed by atoms with E-state index in [-0.39, 0.29) is 11.3 Å². The topological polar surface area (TPSA) is 62.2 Å². The number of nitrogens with zero attached hydrogens (tertiary/aromatic N) is 5. The van der Waals surface area contributed by atoms with Crippen LogP contribution >= 0.6 is 0 Å². The molecule has 0 aromatic carbocycles. The largest absolute Gasteiger partial charge is 0.339 e. The molecule has 6 heteroatoms. The third kappa shape index (κ3) is 2.54. The minimum absolute atomic E-state index is 0.0833. The zero-order valence-corrected chi connectivity index (χ0v) is 13.1. The quantitative estimate of drug-likeness (QED) is 0.842. The van der Waals surface area contributed by atoms with E-state index in [1.807, 2.05) is 30.3 Å². The summed E-state index contributed by atoms with van der Waals surface area (Å²) in [5.41, 5.74) is 1.94. The molecule has 23 heavy (non-hydrogen) atoms. The van der Waals surface area contributed by atoms with Gasteiger partial charge in [0.1, 0.15) is 0 Å². The van der Waals surface area contributed by atoms with E-state index >= 15 is 0 Å². The van der Waals surface area contributed by atoms with Gasteiger partial charge in [0.15, 0.2) is 0 Å². The van der Waals surface area contributed by atoms with E-state index in [4.69, 9.17) is 0 Å². The third-order valence-corrected chi connectivity index (χ3v) is 4.74. The molecule has 1 amide bonds. The lowest BCUT2D eigenvalue weighted by atomic mass is 9.79. The minimum atomic E-state index is 0.0833. The van der Waals surface area contributed by atoms with Crippen LogP contribution in [0.4, 0.5) is 5.95 Å². The van der Waals surface area contributed by atoms with E-state index in [1.165, 1.54) is 0 Å². The first kappa shape index (κ1) is 14.1. The van der Waals surface area contributed by atoms with Crippen molar-refractivity contribution >= 4 is 11.9 Å². The van der Waals surface area contributed by atoms with Gasteiger partial charge in [0.05, 0.1) is 5.56 Å². The number of hydrogen-bond donors (Lipinski definition) is 0. The first-order chi connectivity index (χ1) is 11.2. The highest BCUT2D eigenvalue weighted by atomic mass is 16.2. The van der Waals surface area contributed by atoms with Crippen LogP contribution in [0.2, 0.25) is 0 Å². The molecule has 4 heterocycles. The van der Waals surface area contributed by atoms with Crippen molar-refractivity contribution in [3.8, 4) is 0 Å². The molecule has 0 unspecified atom stereocenters. The highest BCUT2D eigenvalue weighted by molar-refractivity contribution is 5.94. The molecule has 1 spiro atoms. The van der Waals surface area contributed by atoms with Crippen LogP contribution in [0.1, 0.15) is 22.3 Å². The zero-order chi connectivity index (χ0) is 15.9. The molecule has 0 aliphatic carbocycles. The Balaban J connectivity index is 1.40. The molecular formula is C17H19N5O. The summed E-state index contributed by atoms with van der Waals surface area (Å²) < 4.78 is 0. The number of pyridine rings is 1. The van der Waals surface area contributed by atoms with Crippen LogP contribution in [-0.4, -0.2) is 51.9 Å². The summed E-state index contributed by atoms with van der Waals surface area (Å²) >= 11 is 0. The van der Waals surface area contributed by atoms with Crippen molar-refractivity contribution in [3.05, 3.63) is 48.0 Å². The monoisotopic (exact) mass is 309 g/mol. The van der Waals surface area contributed by atoms with Crippen molar-refractivity contribution < 1.29 is 4.79 Å². The number of carbonyl (C=O) groups is 1. The lowest BCUT2D eigenvalue weighted by molar-refractivity contribution is 0.0762. The molecule has 0 bridgehead atoms. The molecule has 2 saturated heterocycles. The Hall–Kier alpha value is -2.50. The van der Waals surface area contributed by atoms with Crippen molar-refractivity contribution in [2.24, 2.45) is 5.41 Å². The summed E-state index contributed by atoms with van der Waals surface area (Å²) in [5, 5.41) is 0. The highest BCUT2D eigenvalue weighted by Gasteiger charge is 2.49. The number of likely N-dealkylation sites (tertiary alicyclic amines) is 1. The molecule has 2 aromatic rings. The van der Waals surface area contributed by atoms with Gasteiger partial charge in [-0.25, -0.2) is 9.97 Å². The number of carbonyl (C=O) groups excluding carboxylic acids is 1. The van der Waals surface area contributed by atoms with Crippen LogP contribution in [-0.2, 0) is 0 Å². The Morgan fingerprint density at radius 2 is 1.96 bits per heavy atom. The number of rotatable bonds is 2. The Bertz CT molecular complexity index is 710. The predicted octanol–water partition coefficient (Wildman–Crippen LogP) is 1.53. The molecule has 6 nitrogen and oxygen atoms in total. The van der Waals surface area contributed by atoms with Gasteiger partial charge in [0.25, 0.3) is 5.91 Å². The van der Waals surface area contributed by atoms with Gasteiger partial charge in [-0.15, -0.1) is 0 Å². The van der Waals surface area contributed by atoms with Gasteiger partial charge in [-0.1, -0.05) is 0 Å². The van der Waals surface area contributed by atoms with Gasteiger partial charge in [-0.2, -0.15) is 0 Å². The normalized spacial score (nSPS) is 19.0. The van der Waals surface area contributed by atoms with Crippen molar-refractivity contribution in [1.82, 2.24) is 19.9 Å². The van der Waals surface area contributed by atoms with E-state index in [9.17, 15) is 4.79 Å². The van der Waals surface area contributed by atoms with Crippen LogP contribution in [0, 0.1) is 12.3 Å². The second-order valence-electron chi connectivity index (χ2n) is 6.63. The summed E-state index contributed by atoms with van der Waals surface area (Å²) in [5.74, 6) is 0.873. The van der Waals surface area contributed by atoms with Gasteiger partial charge < -0.3 is 9.80 Å². The third-order valence-electron chi connectivity index (χ3n) is 4.74. The lowest BCUT2D eigenvalue weighted by Crippen LogP contribution is -2.58. The molecule has 0 radical (unpaired) electrons. The Morgan fingerprint density at radius 3 is 2.65 bits per heavy atom. The number of aromatic nitrogens is 3. The van der Waals surface area contributed by atoms with E-state index in [2.05, 4.69) is 19.9 Å². The van der Waals surface area contributed by atoms with Gasteiger partial charge in [-0.3, -0.25) is 9.78 Å². The molecule has 2 fully saturated rings. The SMILES string of the molecule is Cc1cnc(N2CC3(CCN(C(=O)c4cccnc4)C3)C2)nc1. The maximum atomic E-state index is 12.5. The average Bonchev–Trinajstić information content (AvgIpc) is 3.00. The summed E-state index contributed by atoms with van der Waals surface area (Å²) in [4.78, 5) is 29.5. The maximum Gasteiger partial charge on any atom is 0.255 e. The molecule has 0 saturated carbocycles. The zero-order valence-electron chi connectivity index (χ0n) is 13.1. The van der Waals surface area contributed by atoms with Crippen LogP contribution < -0.4 is 4.90 Å².